The molecule has 0 radical (unpaired) electrons. The Kier molecular flexibility index (Phi) is 8.93. The van der Waals surface area contributed by atoms with E-state index in [2.05, 4.69) is 61.1 Å². The second-order valence-electron chi connectivity index (χ2n) is 15.1. The summed E-state index contributed by atoms with van der Waals surface area (Å²) in [6.45, 7) is 21.1. The maximum Gasteiger partial charge on any atom is 0.320 e. The van der Waals surface area contributed by atoms with Gasteiger partial charge in [-0.3, -0.25) is 4.79 Å². The molecule has 0 amide bonds. The topological polar surface area (TPSA) is 110 Å². The molecule has 4 N–H and O–H groups in total. The Morgan fingerprint density at radius 3 is 2.41 bits per heavy atom. The first-order valence-electron chi connectivity index (χ1n) is 15.9. The summed E-state index contributed by atoms with van der Waals surface area (Å²) in [5, 5.41) is 23.8. The number of carbonyl (C=O) groups excluding carboxylic acids is 2. The molecule has 4 aliphatic carbocycles. The molecule has 0 saturated heterocycles. The summed E-state index contributed by atoms with van der Waals surface area (Å²) in [7, 11) is 0. The predicted molar refractivity (Wildman–Crippen MR) is 163 cm³/mol. The zero-order valence-electron chi connectivity index (χ0n) is 26.8. The lowest BCUT2D eigenvalue weighted by Gasteiger charge is -2.62. The number of hydrogen-bond acceptors (Lipinski definition) is 6. The molecule has 0 aromatic rings. The van der Waals surface area contributed by atoms with Crippen LogP contribution in [0.3, 0.4) is 0 Å². The molecule has 2 unspecified atom stereocenters. The molecule has 0 aromatic carbocycles. The van der Waals surface area contributed by atoms with Gasteiger partial charge in [0, 0.05) is 23.2 Å². The zero-order valence-corrected chi connectivity index (χ0v) is 26.8. The van der Waals surface area contributed by atoms with Gasteiger partial charge in [-0.05, 0) is 91.3 Å². The molecule has 0 bridgehead atoms. The lowest BCUT2D eigenvalue weighted by Crippen LogP contribution is -2.62. The Balaban J connectivity index is 1.76. The van der Waals surface area contributed by atoms with Gasteiger partial charge in [0.1, 0.15) is 11.9 Å². The van der Waals surface area contributed by atoms with Gasteiger partial charge in [0.15, 0.2) is 0 Å². The van der Waals surface area contributed by atoms with Crippen molar-refractivity contribution in [3.8, 4) is 0 Å². The van der Waals surface area contributed by atoms with Gasteiger partial charge in [-0.2, -0.15) is 0 Å². The molecule has 1 fully saturated rings. The molecule has 0 aromatic heterocycles. The quantitative estimate of drug-likeness (QED) is 0.235. The normalized spacial score (nSPS) is 38.5. The van der Waals surface area contributed by atoms with Crippen molar-refractivity contribution in [1.29, 1.82) is 0 Å². The number of fused-ring (bicyclic) bond motifs is 4. The highest BCUT2D eigenvalue weighted by Crippen LogP contribution is 2.68. The maximum atomic E-state index is 12.7. The summed E-state index contributed by atoms with van der Waals surface area (Å²) in [5.74, 6) is 0.678. The molecule has 6 heteroatoms. The van der Waals surface area contributed by atoms with Gasteiger partial charge in [-0.1, -0.05) is 66.7 Å². The molecule has 0 aliphatic heterocycles. The molecule has 9 atom stereocenters. The molecule has 1 saturated carbocycles. The smallest absolute Gasteiger partial charge is 0.320 e. The van der Waals surface area contributed by atoms with Crippen molar-refractivity contribution < 1.29 is 24.5 Å². The van der Waals surface area contributed by atoms with E-state index < -0.39 is 35.1 Å². The van der Waals surface area contributed by atoms with E-state index in [9.17, 15) is 19.8 Å². The highest BCUT2D eigenvalue weighted by Gasteiger charge is 2.64. The van der Waals surface area contributed by atoms with Gasteiger partial charge in [0.2, 0.25) is 0 Å². The van der Waals surface area contributed by atoms with Crippen molar-refractivity contribution in [2.75, 3.05) is 6.54 Å². The van der Waals surface area contributed by atoms with Crippen LogP contribution in [-0.2, 0) is 14.3 Å². The number of aliphatic hydroxyl groups excluding tert-OH is 2. The van der Waals surface area contributed by atoms with E-state index >= 15 is 0 Å². The van der Waals surface area contributed by atoms with E-state index in [0.29, 0.717) is 30.6 Å². The van der Waals surface area contributed by atoms with E-state index in [0.717, 1.165) is 37.7 Å². The number of ketones is 1. The molecule has 6 nitrogen and oxygen atoms in total. The van der Waals surface area contributed by atoms with Crippen molar-refractivity contribution >= 4 is 11.8 Å². The lowest BCUT2D eigenvalue weighted by molar-refractivity contribution is -0.194. The molecular formula is C35H55NO5. The number of allylic oxidation sites excluding steroid dienone is 4. The van der Waals surface area contributed by atoms with Crippen LogP contribution in [0.1, 0.15) is 100 Å². The van der Waals surface area contributed by atoms with E-state index in [1.54, 1.807) is 6.92 Å². The van der Waals surface area contributed by atoms with Crippen molar-refractivity contribution in [3.63, 3.8) is 0 Å². The summed E-state index contributed by atoms with van der Waals surface area (Å²) in [6.07, 6.45) is 5.55. The number of esters is 1. The van der Waals surface area contributed by atoms with Crippen molar-refractivity contribution in [1.82, 2.24) is 0 Å². The average Bonchev–Trinajstić information content (AvgIpc) is 3.24. The van der Waals surface area contributed by atoms with E-state index in [1.807, 2.05) is 0 Å². The summed E-state index contributed by atoms with van der Waals surface area (Å²) in [4.78, 5) is 24.9. The van der Waals surface area contributed by atoms with E-state index in [-0.39, 0.29) is 29.6 Å². The Morgan fingerprint density at radius 2 is 1.83 bits per heavy atom. The van der Waals surface area contributed by atoms with Gasteiger partial charge in [0.05, 0.1) is 18.8 Å². The fourth-order valence-corrected chi connectivity index (χ4v) is 9.89. The summed E-state index contributed by atoms with van der Waals surface area (Å²) in [5.41, 5.74) is 9.11. The van der Waals surface area contributed by atoms with Crippen molar-refractivity contribution in [3.05, 3.63) is 34.9 Å². The van der Waals surface area contributed by atoms with Crippen LogP contribution in [-0.4, -0.2) is 46.8 Å². The molecule has 41 heavy (non-hydrogen) atoms. The molecule has 230 valence electrons. The highest BCUT2D eigenvalue weighted by atomic mass is 16.6. The number of ether oxygens (including phenoxy) is 1. The first-order valence-corrected chi connectivity index (χ1v) is 15.9. The first kappa shape index (κ1) is 32.2. The molecule has 0 spiro atoms. The first-order chi connectivity index (χ1) is 19.0. The highest BCUT2D eigenvalue weighted by molar-refractivity contribution is 5.76. The molecule has 0 heterocycles. The average molecular weight is 570 g/mol. The van der Waals surface area contributed by atoms with Crippen LogP contribution < -0.4 is 5.73 Å². The second kappa shape index (κ2) is 11.4. The van der Waals surface area contributed by atoms with Crippen LogP contribution >= 0.6 is 0 Å². The summed E-state index contributed by atoms with van der Waals surface area (Å²) < 4.78 is 5.72. The van der Waals surface area contributed by atoms with Crippen molar-refractivity contribution in [2.24, 2.45) is 51.6 Å². The lowest BCUT2D eigenvalue weighted by atomic mass is 9.43. The van der Waals surface area contributed by atoms with Crippen molar-refractivity contribution in [2.45, 2.75) is 119 Å². The largest absolute Gasteiger partial charge is 0.458 e. The minimum Gasteiger partial charge on any atom is -0.458 e. The number of rotatable bonds is 9. The number of hydrogen-bond donors (Lipinski definition) is 3. The van der Waals surface area contributed by atoms with Gasteiger partial charge in [-0.25, -0.2) is 0 Å². The third kappa shape index (κ3) is 5.20. The van der Waals surface area contributed by atoms with Crippen LogP contribution in [0.15, 0.2) is 34.9 Å². The Labute approximate surface area is 247 Å². The molecular weight excluding hydrogens is 514 g/mol. The van der Waals surface area contributed by atoms with Crippen LogP contribution in [0, 0.1) is 45.8 Å². The fourth-order valence-electron chi connectivity index (χ4n) is 9.89. The summed E-state index contributed by atoms with van der Waals surface area (Å²) in [6, 6.07) is 0. The third-order valence-electron chi connectivity index (χ3n) is 12.1. The minimum atomic E-state index is -0.875. The standard InChI is InChI=1S/C35H55NO5/c1-19(2)20(3)10-11-21(4)24-13-14-25-23-12-15-28-33(6,7)32(41-29(39)18-36)27(38)17-34(28,8)30(23)31(40)26(16-22(5)37)35(24,25)9/h14,19,21,24,26-28,31-32,38,40H,3,10-13,15-18,36H2,1-2,4-9H3/t21-,24-,26+,27-,28+,31+,32+,34?,35?/m1/s1. The summed E-state index contributed by atoms with van der Waals surface area (Å²) >= 11 is 0. The van der Waals surface area contributed by atoms with Gasteiger partial charge in [0.25, 0.3) is 0 Å². The van der Waals surface area contributed by atoms with E-state index in [1.165, 1.54) is 16.7 Å². The van der Waals surface area contributed by atoms with Gasteiger partial charge < -0.3 is 25.5 Å². The SMILES string of the molecule is C=C(CC[C@@H](C)[C@H]1CC=C2C3=C([C@@H](O)[C@H](CC(C)=O)C21C)C1(C)C[C@@H](O)[C@H](OC(=O)CN)C(C)(C)[C@@H]1CC3)C(C)C. The molecule has 4 aliphatic rings. The number of aliphatic hydroxyl groups is 2. The predicted octanol–water partition coefficient (Wildman–Crippen LogP) is 5.91. The molecule has 4 rings (SSSR count). The Hall–Kier alpha value is -1.76. The zero-order chi connectivity index (χ0) is 30.7. The minimum absolute atomic E-state index is 0.0866. The fraction of sp³-hybridized carbons (Fsp3) is 0.771. The Morgan fingerprint density at radius 1 is 1.17 bits per heavy atom. The number of carbonyl (C=O) groups is 2. The van der Waals surface area contributed by atoms with Crippen LogP contribution in [0.4, 0.5) is 0 Å². The second-order valence-corrected chi connectivity index (χ2v) is 15.1. The van der Waals surface area contributed by atoms with Gasteiger partial charge in [-0.15, -0.1) is 0 Å². The third-order valence-corrected chi connectivity index (χ3v) is 12.1. The monoisotopic (exact) mass is 569 g/mol. The number of nitrogens with two attached hydrogens (primary N) is 1. The van der Waals surface area contributed by atoms with Crippen LogP contribution in [0.25, 0.3) is 0 Å². The van der Waals surface area contributed by atoms with Crippen LogP contribution in [0.2, 0.25) is 0 Å². The van der Waals surface area contributed by atoms with E-state index in [4.69, 9.17) is 10.5 Å². The van der Waals surface area contributed by atoms with Gasteiger partial charge >= 0.3 is 5.97 Å². The maximum absolute atomic E-state index is 12.7. The Bertz CT molecular complexity index is 1130. The van der Waals surface area contributed by atoms with Crippen LogP contribution in [0.5, 0.6) is 0 Å². The number of Topliss-reactive ketones (excluding diaryl/α,β-unsaturated/α-hetero) is 1.